The molecule has 0 radical (unpaired) electrons. The largest absolute Gasteiger partial charge is 0.440 e. The Balaban J connectivity index is 4.49. The van der Waals surface area contributed by atoms with Gasteiger partial charge in [0.25, 0.3) is 0 Å². The van der Waals surface area contributed by atoms with Crippen LogP contribution >= 0.6 is 0 Å². The Kier molecular flexibility index (Phi) is 8.22. The predicted molar refractivity (Wildman–Crippen MR) is 72.2 cm³/mol. The number of hydrogen-bond donors (Lipinski definition) is 3. The molecule has 0 aliphatic heterocycles. The van der Waals surface area contributed by atoms with Gasteiger partial charge in [-0.25, -0.2) is 0 Å². The van der Waals surface area contributed by atoms with E-state index in [0.29, 0.717) is 5.92 Å². The molecule has 98 valence electrons. The highest BCUT2D eigenvalue weighted by Gasteiger charge is 2.36. The standard InChI is InChI=1S/C11H29N3OSi/c1-7-12-16(13-8-2,15-11(5)6)14-9-10(3)4/h10-14H,7-9H2,1-6H3. The first kappa shape index (κ1) is 16.1. The van der Waals surface area contributed by atoms with Crippen LogP contribution in [0.15, 0.2) is 0 Å². The second-order valence-corrected chi connectivity index (χ2v) is 7.34. The van der Waals surface area contributed by atoms with Crippen molar-refractivity contribution in [3.05, 3.63) is 0 Å². The molecule has 0 spiro atoms. The van der Waals surface area contributed by atoms with Gasteiger partial charge in [-0.2, -0.15) is 0 Å². The zero-order valence-electron chi connectivity index (χ0n) is 11.7. The maximum absolute atomic E-state index is 6.07. The van der Waals surface area contributed by atoms with E-state index in [9.17, 15) is 0 Å². The van der Waals surface area contributed by atoms with E-state index in [1.54, 1.807) is 0 Å². The van der Waals surface area contributed by atoms with Gasteiger partial charge in [-0.15, -0.1) is 0 Å². The highest BCUT2D eigenvalue weighted by atomic mass is 28.4. The van der Waals surface area contributed by atoms with E-state index in [1.807, 2.05) is 0 Å². The van der Waals surface area contributed by atoms with Crippen LogP contribution in [0, 0.1) is 5.92 Å². The van der Waals surface area contributed by atoms with Gasteiger partial charge in [0.2, 0.25) is 0 Å². The van der Waals surface area contributed by atoms with Gasteiger partial charge in [0.15, 0.2) is 0 Å². The van der Waals surface area contributed by atoms with Crippen molar-refractivity contribution in [1.29, 1.82) is 0 Å². The van der Waals surface area contributed by atoms with Crippen LogP contribution < -0.4 is 14.9 Å². The molecule has 0 aromatic heterocycles. The third-order valence-electron chi connectivity index (χ3n) is 2.02. The Morgan fingerprint density at radius 1 is 0.938 bits per heavy atom. The van der Waals surface area contributed by atoms with Gasteiger partial charge in [-0.3, -0.25) is 14.9 Å². The molecule has 0 saturated carbocycles. The van der Waals surface area contributed by atoms with Gasteiger partial charge in [0.1, 0.15) is 0 Å². The first-order valence-corrected chi connectivity index (χ1v) is 8.29. The summed E-state index contributed by atoms with van der Waals surface area (Å²) in [6.07, 6.45) is 0.226. The molecule has 0 atom stereocenters. The van der Waals surface area contributed by atoms with Gasteiger partial charge >= 0.3 is 8.80 Å². The molecule has 16 heavy (non-hydrogen) atoms. The minimum Gasteiger partial charge on any atom is -0.378 e. The Hall–Kier alpha value is 0.0569. The summed E-state index contributed by atoms with van der Waals surface area (Å²) in [5, 5.41) is 0. The zero-order chi connectivity index (χ0) is 12.6. The predicted octanol–water partition coefficient (Wildman–Crippen LogP) is 1.31. The van der Waals surface area contributed by atoms with Gasteiger partial charge in [-0.1, -0.05) is 27.7 Å². The smallest absolute Gasteiger partial charge is 0.378 e. The summed E-state index contributed by atoms with van der Waals surface area (Å²) in [5.74, 6) is 0.625. The molecule has 0 saturated heterocycles. The third-order valence-corrected chi connectivity index (χ3v) is 5.25. The lowest BCUT2D eigenvalue weighted by Gasteiger charge is -2.34. The molecular formula is C11H29N3OSi. The first-order valence-electron chi connectivity index (χ1n) is 6.38. The lowest BCUT2D eigenvalue weighted by atomic mass is 10.2. The molecule has 5 heteroatoms. The first-order chi connectivity index (χ1) is 7.45. The van der Waals surface area contributed by atoms with E-state index in [0.717, 1.165) is 19.6 Å². The van der Waals surface area contributed by atoms with Crippen LogP contribution in [0.2, 0.25) is 0 Å². The topological polar surface area (TPSA) is 45.3 Å². The highest BCUT2D eigenvalue weighted by Crippen LogP contribution is 2.00. The molecule has 0 amide bonds. The molecule has 0 fully saturated rings. The van der Waals surface area contributed by atoms with Crippen LogP contribution in [0.4, 0.5) is 0 Å². The summed E-state index contributed by atoms with van der Waals surface area (Å²) in [5.41, 5.74) is 0. The summed E-state index contributed by atoms with van der Waals surface area (Å²) >= 11 is 0. The van der Waals surface area contributed by atoms with Crippen LogP contribution in [0.25, 0.3) is 0 Å². The zero-order valence-corrected chi connectivity index (χ0v) is 12.7. The van der Waals surface area contributed by atoms with Crippen LogP contribution in [-0.4, -0.2) is 34.5 Å². The normalized spacial score (nSPS) is 12.8. The average molecular weight is 247 g/mol. The fraction of sp³-hybridized carbons (Fsp3) is 1.00. The fourth-order valence-electron chi connectivity index (χ4n) is 1.51. The van der Waals surface area contributed by atoms with Gasteiger partial charge in [0, 0.05) is 6.10 Å². The number of hydrogen-bond acceptors (Lipinski definition) is 4. The van der Waals surface area contributed by atoms with E-state index in [2.05, 4.69) is 56.5 Å². The van der Waals surface area contributed by atoms with Crippen molar-refractivity contribution < 1.29 is 4.43 Å². The average Bonchev–Trinajstić information content (AvgIpc) is 2.14. The SMILES string of the molecule is CCN[Si](NCC)(NCC(C)C)OC(C)C. The number of rotatable bonds is 9. The van der Waals surface area contributed by atoms with Gasteiger partial charge in [0.05, 0.1) is 0 Å². The molecule has 0 aliphatic carbocycles. The molecule has 3 N–H and O–H groups in total. The van der Waals surface area contributed by atoms with E-state index in [-0.39, 0.29) is 6.10 Å². The van der Waals surface area contributed by atoms with Crippen molar-refractivity contribution in [2.24, 2.45) is 5.92 Å². The molecule has 0 aromatic rings. The second kappa shape index (κ2) is 8.19. The van der Waals surface area contributed by atoms with Gasteiger partial charge < -0.3 is 4.43 Å². The summed E-state index contributed by atoms with van der Waals surface area (Å²) in [4.78, 5) is 10.5. The number of nitrogens with one attached hydrogen (secondary N) is 3. The van der Waals surface area contributed by atoms with Crippen molar-refractivity contribution in [3.63, 3.8) is 0 Å². The Morgan fingerprint density at radius 3 is 1.75 bits per heavy atom. The minimum atomic E-state index is -2.17. The Labute approximate surface area is 102 Å². The lowest BCUT2D eigenvalue weighted by Crippen LogP contribution is -2.75. The summed E-state index contributed by atoms with van der Waals surface area (Å²) in [7, 11) is -2.17. The molecule has 0 aromatic carbocycles. The molecule has 0 bridgehead atoms. The monoisotopic (exact) mass is 247 g/mol. The van der Waals surface area contributed by atoms with E-state index in [1.165, 1.54) is 0 Å². The lowest BCUT2D eigenvalue weighted by molar-refractivity contribution is 0.201. The molecular weight excluding hydrogens is 218 g/mol. The quantitative estimate of drug-likeness (QED) is 0.538. The van der Waals surface area contributed by atoms with Crippen LogP contribution in [0.1, 0.15) is 41.5 Å². The van der Waals surface area contributed by atoms with Crippen LogP contribution in [0.3, 0.4) is 0 Å². The maximum Gasteiger partial charge on any atom is 0.440 e. The summed E-state index contributed by atoms with van der Waals surface area (Å²) in [6.45, 7) is 15.6. The van der Waals surface area contributed by atoms with E-state index < -0.39 is 8.80 Å². The van der Waals surface area contributed by atoms with E-state index >= 15 is 0 Å². The van der Waals surface area contributed by atoms with Gasteiger partial charge in [-0.05, 0) is 39.4 Å². The fourth-order valence-corrected chi connectivity index (χ4v) is 4.54. The molecule has 0 rings (SSSR count). The van der Waals surface area contributed by atoms with Crippen molar-refractivity contribution >= 4 is 8.80 Å². The molecule has 0 aliphatic rings. The van der Waals surface area contributed by atoms with Crippen LogP contribution in [-0.2, 0) is 4.43 Å². The maximum atomic E-state index is 6.07. The van der Waals surface area contributed by atoms with Crippen molar-refractivity contribution in [2.75, 3.05) is 19.6 Å². The van der Waals surface area contributed by atoms with Crippen molar-refractivity contribution in [1.82, 2.24) is 14.9 Å². The van der Waals surface area contributed by atoms with Crippen molar-refractivity contribution in [2.45, 2.75) is 47.6 Å². The Morgan fingerprint density at radius 2 is 1.44 bits per heavy atom. The second-order valence-electron chi connectivity index (χ2n) is 4.68. The summed E-state index contributed by atoms with van der Waals surface area (Å²) in [6, 6.07) is 0. The Bertz CT molecular complexity index is 171. The van der Waals surface area contributed by atoms with E-state index in [4.69, 9.17) is 4.43 Å². The minimum absolute atomic E-state index is 0.226. The third kappa shape index (κ3) is 6.60. The molecule has 0 heterocycles. The molecule has 4 nitrogen and oxygen atoms in total. The molecule has 0 unspecified atom stereocenters. The highest BCUT2D eigenvalue weighted by molar-refractivity contribution is 6.66. The van der Waals surface area contributed by atoms with Crippen molar-refractivity contribution in [3.8, 4) is 0 Å². The summed E-state index contributed by atoms with van der Waals surface area (Å²) < 4.78 is 6.07. The van der Waals surface area contributed by atoms with Crippen LogP contribution in [0.5, 0.6) is 0 Å².